The van der Waals surface area contributed by atoms with Crippen LogP contribution in [0.3, 0.4) is 0 Å². The summed E-state index contributed by atoms with van der Waals surface area (Å²) in [6, 6.07) is 4.97. The first-order valence-corrected chi connectivity index (χ1v) is 8.64. The van der Waals surface area contributed by atoms with Crippen LogP contribution in [-0.2, 0) is 16.1 Å². The van der Waals surface area contributed by atoms with Gasteiger partial charge in [-0.3, -0.25) is 4.79 Å². The molecule has 0 bridgehead atoms. The fraction of sp³-hybridized carbons (Fsp3) is 0.529. The maximum absolute atomic E-state index is 12.7. The van der Waals surface area contributed by atoms with E-state index in [0.717, 1.165) is 0 Å². The van der Waals surface area contributed by atoms with Gasteiger partial charge in [-0.15, -0.1) is 17.5 Å². The van der Waals surface area contributed by atoms with Gasteiger partial charge < -0.3 is 24.4 Å². The zero-order valence-corrected chi connectivity index (χ0v) is 17.1. The van der Waals surface area contributed by atoms with Crippen molar-refractivity contribution in [2.45, 2.75) is 25.6 Å². The van der Waals surface area contributed by atoms with Crippen LogP contribution in [0.1, 0.15) is 12.7 Å². The van der Waals surface area contributed by atoms with Gasteiger partial charge in [0.1, 0.15) is 17.5 Å². The smallest absolute Gasteiger partial charge is 0.242 e. The van der Waals surface area contributed by atoms with Crippen LogP contribution in [0.25, 0.3) is 5.69 Å². The van der Waals surface area contributed by atoms with Crippen LogP contribution >= 0.6 is 12.4 Å². The third kappa shape index (κ3) is 4.70. The molecular weight excluding hydrogens is 388 g/mol. The number of amides is 1. The Bertz CT molecular complexity index is 779. The summed E-state index contributed by atoms with van der Waals surface area (Å²) >= 11 is 0. The first kappa shape index (κ1) is 21.9. The normalized spacial score (nSPS) is 18.9. The van der Waals surface area contributed by atoms with Crippen molar-refractivity contribution in [1.29, 1.82) is 0 Å². The number of carbonyl (C=O) groups is 1. The molecule has 0 radical (unpaired) electrons. The van der Waals surface area contributed by atoms with Crippen LogP contribution in [0.15, 0.2) is 18.2 Å². The standard InChI is InChI=1S/C17H24N6O4.ClH/c1-11-16(18-5-6-27-11)17(24)22(2)10-15-19-20-21-23(15)12-7-13(25-3)9-14(8-12)26-4;/h7-9,11,16,18H,5-6,10H2,1-4H3;1H/t11-,16+;/m1./s1. The fourth-order valence-electron chi connectivity index (χ4n) is 2.96. The number of tetrazole rings is 1. The van der Waals surface area contributed by atoms with Crippen LogP contribution in [0.2, 0.25) is 0 Å². The van der Waals surface area contributed by atoms with Gasteiger partial charge in [0.2, 0.25) is 5.91 Å². The van der Waals surface area contributed by atoms with Crippen LogP contribution in [-0.4, -0.2) is 77.6 Å². The van der Waals surface area contributed by atoms with E-state index in [2.05, 4.69) is 20.8 Å². The molecule has 1 aromatic carbocycles. The third-order valence-corrected chi connectivity index (χ3v) is 4.45. The molecule has 1 saturated heterocycles. The molecule has 0 spiro atoms. The Kier molecular flexibility index (Phi) is 7.55. The molecule has 11 heteroatoms. The highest BCUT2D eigenvalue weighted by Gasteiger charge is 2.31. The lowest BCUT2D eigenvalue weighted by Crippen LogP contribution is -2.55. The maximum Gasteiger partial charge on any atom is 0.242 e. The van der Waals surface area contributed by atoms with Gasteiger partial charge in [0.25, 0.3) is 0 Å². The molecule has 2 aromatic rings. The highest BCUT2D eigenvalue weighted by molar-refractivity contribution is 5.85. The van der Waals surface area contributed by atoms with Gasteiger partial charge in [-0.05, 0) is 17.4 Å². The van der Waals surface area contributed by atoms with Crippen molar-refractivity contribution in [2.75, 3.05) is 34.4 Å². The zero-order chi connectivity index (χ0) is 19.4. The monoisotopic (exact) mass is 412 g/mol. The van der Waals surface area contributed by atoms with Gasteiger partial charge in [-0.1, -0.05) is 0 Å². The van der Waals surface area contributed by atoms with Gasteiger partial charge in [0.05, 0.1) is 39.2 Å². The third-order valence-electron chi connectivity index (χ3n) is 4.45. The molecule has 3 rings (SSSR count). The number of nitrogens with one attached hydrogen (secondary N) is 1. The predicted molar refractivity (Wildman–Crippen MR) is 103 cm³/mol. The Morgan fingerprint density at radius 3 is 2.61 bits per heavy atom. The molecule has 10 nitrogen and oxygen atoms in total. The second-order valence-electron chi connectivity index (χ2n) is 6.28. The summed E-state index contributed by atoms with van der Waals surface area (Å²) in [7, 11) is 4.87. The molecule has 28 heavy (non-hydrogen) atoms. The lowest BCUT2D eigenvalue weighted by molar-refractivity contribution is -0.138. The summed E-state index contributed by atoms with van der Waals surface area (Å²) in [4.78, 5) is 14.3. The summed E-state index contributed by atoms with van der Waals surface area (Å²) in [6.07, 6.45) is -0.188. The average Bonchev–Trinajstić information content (AvgIpc) is 3.15. The van der Waals surface area contributed by atoms with E-state index < -0.39 is 0 Å². The molecule has 0 saturated carbocycles. The van der Waals surface area contributed by atoms with Gasteiger partial charge in [0.15, 0.2) is 5.82 Å². The van der Waals surface area contributed by atoms with Crippen molar-refractivity contribution in [3.8, 4) is 17.2 Å². The Hall–Kier alpha value is -2.43. The van der Waals surface area contributed by atoms with Crippen molar-refractivity contribution in [2.24, 2.45) is 0 Å². The number of rotatable bonds is 6. The first-order chi connectivity index (χ1) is 13.0. The molecule has 1 amide bonds. The van der Waals surface area contributed by atoms with E-state index in [0.29, 0.717) is 36.2 Å². The topological polar surface area (TPSA) is 104 Å². The Morgan fingerprint density at radius 1 is 1.32 bits per heavy atom. The Morgan fingerprint density at radius 2 is 2.00 bits per heavy atom. The summed E-state index contributed by atoms with van der Waals surface area (Å²) in [6.45, 7) is 3.38. The number of carbonyl (C=O) groups excluding carboxylic acids is 1. The molecule has 0 unspecified atom stereocenters. The summed E-state index contributed by atoms with van der Waals surface area (Å²) in [5.41, 5.74) is 0.680. The fourth-order valence-corrected chi connectivity index (χ4v) is 2.96. The van der Waals surface area contributed by atoms with Crippen molar-refractivity contribution >= 4 is 18.3 Å². The molecule has 1 aliphatic rings. The highest BCUT2D eigenvalue weighted by atomic mass is 35.5. The molecule has 1 N–H and O–H groups in total. The number of hydrogen-bond acceptors (Lipinski definition) is 8. The quantitative estimate of drug-likeness (QED) is 0.728. The Labute approximate surface area is 169 Å². The van der Waals surface area contributed by atoms with Crippen LogP contribution in [0.4, 0.5) is 0 Å². The van der Waals surface area contributed by atoms with E-state index in [-0.39, 0.29) is 37.0 Å². The minimum absolute atomic E-state index is 0. The largest absolute Gasteiger partial charge is 0.497 e. The predicted octanol–water partition coefficient (Wildman–Crippen LogP) is 0.437. The van der Waals surface area contributed by atoms with E-state index in [1.165, 1.54) is 0 Å². The van der Waals surface area contributed by atoms with E-state index in [1.807, 2.05) is 6.92 Å². The minimum atomic E-state index is -0.384. The van der Waals surface area contributed by atoms with Gasteiger partial charge in [-0.2, -0.15) is 4.68 Å². The second kappa shape index (κ2) is 9.67. The number of morpholine rings is 1. The number of benzene rings is 1. The highest BCUT2D eigenvalue weighted by Crippen LogP contribution is 2.25. The molecule has 1 fully saturated rings. The number of ether oxygens (including phenoxy) is 3. The van der Waals surface area contributed by atoms with Gasteiger partial charge in [0, 0.05) is 31.8 Å². The van der Waals surface area contributed by atoms with Crippen LogP contribution in [0, 0.1) is 0 Å². The van der Waals surface area contributed by atoms with Crippen LogP contribution < -0.4 is 14.8 Å². The average molecular weight is 413 g/mol. The molecule has 1 aromatic heterocycles. The van der Waals surface area contributed by atoms with E-state index in [9.17, 15) is 4.79 Å². The zero-order valence-electron chi connectivity index (χ0n) is 16.3. The maximum atomic E-state index is 12.7. The van der Waals surface area contributed by atoms with Crippen molar-refractivity contribution in [3.05, 3.63) is 24.0 Å². The van der Waals surface area contributed by atoms with Crippen molar-refractivity contribution in [1.82, 2.24) is 30.4 Å². The number of likely N-dealkylation sites (N-methyl/N-ethyl adjacent to an activating group) is 1. The first-order valence-electron chi connectivity index (χ1n) is 8.64. The summed E-state index contributed by atoms with van der Waals surface area (Å²) in [5.74, 6) is 1.69. The number of aromatic nitrogens is 4. The number of methoxy groups -OCH3 is 2. The molecule has 2 atom stereocenters. The number of hydrogen-bond donors (Lipinski definition) is 1. The van der Waals surface area contributed by atoms with Gasteiger partial charge in [-0.25, -0.2) is 0 Å². The second-order valence-corrected chi connectivity index (χ2v) is 6.28. The molecule has 0 aliphatic carbocycles. The van der Waals surface area contributed by atoms with Crippen molar-refractivity contribution in [3.63, 3.8) is 0 Å². The molecule has 2 heterocycles. The van der Waals surface area contributed by atoms with E-state index in [1.54, 1.807) is 49.0 Å². The van der Waals surface area contributed by atoms with E-state index >= 15 is 0 Å². The summed E-state index contributed by atoms with van der Waals surface area (Å²) < 4.78 is 17.7. The molecular formula is C17H25ClN6O4. The minimum Gasteiger partial charge on any atom is -0.497 e. The van der Waals surface area contributed by atoms with E-state index in [4.69, 9.17) is 14.2 Å². The Balaban J connectivity index is 0.00000280. The number of halogens is 1. The molecule has 154 valence electrons. The SMILES string of the molecule is COc1cc(OC)cc(-n2nnnc2CN(C)C(=O)[C@H]2NCCO[C@@H]2C)c1.Cl. The van der Waals surface area contributed by atoms with Crippen LogP contribution in [0.5, 0.6) is 11.5 Å². The lowest BCUT2D eigenvalue weighted by atomic mass is 10.1. The summed E-state index contributed by atoms with van der Waals surface area (Å²) in [5, 5.41) is 15.1. The van der Waals surface area contributed by atoms with Gasteiger partial charge >= 0.3 is 0 Å². The number of nitrogens with zero attached hydrogens (tertiary/aromatic N) is 5. The molecule has 1 aliphatic heterocycles. The lowest BCUT2D eigenvalue weighted by Gasteiger charge is -2.32. The van der Waals surface area contributed by atoms with Crippen molar-refractivity contribution < 1.29 is 19.0 Å².